The molecule has 0 bridgehead atoms. The van der Waals surface area contributed by atoms with Crippen molar-refractivity contribution in [3.8, 4) is 0 Å². The van der Waals surface area contributed by atoms with Gasteiger partial charge in [0, 0.05) is 58.6 Å². The molecule has 2 aliphatic heterocycles. The average molecular weight is 556 g/mol. The van der Waals surface area contributed by atoms with Crippen LogP contribution in [0.1, 0.15) is 10.4 Å². The van der Waals surface area contributed by atoms with Crippen LogP contribution in [0.4, 0.5) is 5.82 Å². The van der Waals surface area contributed by atoms with Crippen molar-refractivity contribution < 1.29 is 21.6 Å². The maximum Gasteiger partial charge on any atom is 0.255 e. The zero-order valence-corrected chi connectivity index (χ0v) is 22.4. The second-order valence-electron chi connectivity index (χ2n) is 9.12. The lowest BCUT2D eigenvalue weighted by Crippen LogP contribution is -2.50. The number of nitrogens with zero attached hydrogens (tertiary/aromatic N) is 5. The Hall–Kier alpha value is -3.32. The standard InChI is InChI=1S/C26H29N5O5S2/c32-26(29-15-19-31(20-16-29)38(35,36)24-9-5-2-6-10-24)22-11-12-25(27-21-22)28-13-17-30(18-14-28)37(33,34)23-7-3-1-4-8-23/h1-12,21H,13-20H2. The third-order valence-corrected chi connectivity index (χ3v) is 10.7. The molecule has 1 amide bonds. The number of hydrogen-bond donors (Lipinski definition) is 0. The van der Waals surface area contributed by atoms with E-state index < -0.39 is 20.0 Å². The van der Waals surface area contributed by atoms with Crippen LogP contribution in [-0.2, 0) is 20.0 Å². The Morgan fingerprint density at radius 2 is 1.08 bits per heavy atom. The summed E-state index contributed by atoms with van der Waals surface area (Å²) in [7, 11) is -7.12. The van der Waals surface area contributed by atoms with E-state index in [9.17, 15) is 21.6 Å². The van der Waals surface area contributed by atoms with Gasteiger partial charge in [0.25, 0.3) is 5.91 Å². The molecule has 0 spiro atoms. The molecule has 2 saturated heterocycles. The van der Waals surface area contributed by atoms with Gasteiger partial charge in [0.2, 0.25) is 20.0 Å². The normalized spacial score (nSPS) is 17.9. The minimum Gasteiger partial charge on any atom is -0.354 e. The lowest BCUT2D eigenvalue weighted by atomic mass is 10.2. The van der Waals surface area contributed by atoms with Crippen LogP contribution in [0.3, 0.4) is 0 Å². The van der Waals surface area contributed by atoms with Gasteiger partial charge in [-0.05, 0) is 36.4 Å². The van der Waals surface area contributed by atoms with Crippen molar-refractivity contribution in [2.75, 3.05) is 57.3 Å². The van der Waals surface area contributed by atoms with Crippen molar-refractivity contribution in [1.29, 1.82) is 0 Å². The van der Waals surface area contributed by atoms with Crippen LogP contribution in [0.15, 0.2) is 88.8 Å². The number of hydrogen-bond acceptors (Lipinski definition) is 7. The summed E-state index contributed by atoms with van der Waals surface area (Å²) in [6, 6.07) is 20.2. The van der Waals surface area contributed by atoms with Gasteiger partial charge in [-0.15, -0.1) is 0 Å². The highest BCUT2D eigenvalue weighted by atomic mass is 32.2. The molecule has 0 radical (unpaired) electrons. The number of piperazine rings is 2. The van der Waals surface area contributed by atoms with E-state index in [-0.39, 0.29) is 28.8 Å². The molecule has 10 nitrogen and oxygen atoms in total. The molecular weight excluding hydrogens is 526 g/mol. The molecule has 0 aliphatic carbocycles. The molecule has 3 aromatic rings. The lowest BCUT2D eigenvalue weighted by Gasteiger charge is -2.35. The number of sulfonamides is 2. The van der Waals surface area contributed by atoms with Crippen LogP contribution >= 0.6 is 0 Å². The molecule has 0 N–H and O–H groups in total. The van der Waals surface area contributed by atoms with Gasteiger partial charge in [-0.25, -0.2) is 21.8 Å². The van der Waals surface area contributed by atoms with Crippen molar-refractivity contribution in [1.82, 2.24) is 18.5 Å². The Labute approximate surface area is 223 Å². The smallest absolute Gasteiger partial charge is 0.255 e. The summed E-state index contributed by atoms with van der Waals surface area (Å²) in [5, 5.41) is 0. The molecule has 38 heavy (non-hydrogen) atoms. The molecule has 2 aromatic carbocycles. The molecule has 2 aliphatic rings. The van der Waals surface area contributed by atoms with Crippen molar-refractivity contribution in [3.05, 3.63) is 84.6 Å². The maximum absolute atomic E-state index is 13.0. The molecule has 2 fully saturated rings. The Balaban J connectivity index is 1.16. The van der Waals surface area contributed by atoms with Gasteiger partial charge < -0.3 is 9.80 Å². The first-order valence-electron chi connectivity index (χ1n) is 12.4. The quantitative estimate of drug-likeness (QED) is 0.456. The largest absolute Gasteiger partial charge is 0.354 e. The number of benzene rings is 2. The van der Waals surface area contributed by atoms with Crippen LogP contribution < -0.4 is 4.90 Å². The SMILES string of the molecule is O=C(c1ccc(N2CCN(S(=O)(=O)c3ccccc3)CC2)nc1)N1CCN(S(=O)(=O)c2ccccc2)CC1. The Bertz CT molecular complexity index is 1470. The summed E-state index contributed by atoms with van der Waals surface area (Å²) in [5.41, 5.74) is 0.429. The minimum absolute atomic E-state index is 0.195. The molecule has 0 saturated carbocycles. The van der Waals surface area contributed by atoms with E-state index in [0.29, 0.717) is 50.6 Å². The predicted molar refractivity (Wildman–Crippen MR) is 143 cm³/mol. The zero-order valence-electron chi connectivity index (χ0n) is 20.8. The molecule has 200 valence electrons. The molecule has 3 heterocycles. The number of pyridine rings is 1. The van der Waals surface area contributed by atoms with Crippen LogP contribution in [-0.4, -0.2) is 93.6 Å². The number of amides is 1. The third kappa shape index (κ3) is 5.30. The predicted octanol–water partition coefficient (Wildman–Crippen LogP) is 1.74. The maximum atomic E-state index is 13.0. The van der Waals surface area contributed by atoms with Crippen LogP contribution in [0, 0.1) is 0 Å². The fourth-order valence-electron chi connectivity index (χ4n) is 4.65. The summed E-state index contributed by atoms with van der Waals surface area (Å²) in [5.74, 6) is 0.483. The number of rotatable bonds is 6. The fraction of sp³-hybridized carbons (Fsp3) is 0.308. The monoisotopic (exact) mass is 555 g/mol. The van der Waals surface area contributed by atoms with Crippen LogP contribution in [0.5, 0.6) is 0 Å². The highest BCUT2D eigenvalue weighted by Crippen LogP contribution is 2.21. The van der Waals surface area contributed by atoms with E-state index in [1.807, 2.05) is 4.90 Å². The summed E-state index contributed by atoms with van der Waals surface area (Å²) >= 11 is 0. The Morgan fingerprint density at radius 1 is 0.605 bits per heavy atom. The molecule has 1 aromatic heterocycles. The van der Waals surface area contributed by atoms with Gasteiger partial charge in [0.15, 0.2) is 0 Å². The molecule has 0 unspecified atom stereocenters. The van der Waals surface area contributed by atoms with Gasteiger partial charge >= 0.3 is 0 Å². The Morgan fingerprint density at radius 3 is 1.53 bits per heavy atom. The first kappa shape index (κ1) is 26.3. The number of aromatic nitrogens is 1. The van der Waals surface area contributed by atoms with Gasteiger partial charge in [-0.3, -0.25) is 4.79 Å². The molecule has 0 atom stereocenters. The van der Waals surface area contributed by atoms with E-state index in [2.05, 4.69) is 4.98 Å². The van der Waals surface area contributed by atoms with E-state index in [1.165, 1.54) is 14.8 Å². The topological polar surface area (TPSA) is 111 Å². The number of carbonyl (C=O) groups is 1. The zero-order chi connectivity index (χ0) is 26.8. The van der Waals surface area contributed by atoms with Crippen molar-refractivity contribution in [2.24, 2.45) is 0 Å². The molecular formula is C26H29N5O5S2. The highest BCUT2D eigenvalue weighted by molar-refractivity contribution is 7.89. The molecule has 12 heteroatoms. The van der Waals surface area contributed by atoms with Crippen LogP contribution in [0.2, 0.25) is 0 Å². The third-order valence-electron chi connectivity index (χ3n) is 6.85. The van der Waals surface area contributed by atoms with Gasteiger partial charge in [-0.2, -0.15) is 8.61 Å². The summed E-state index contributed by atoms with van der Waals surface area (Å²) in [6.07, 6.45) is 1.53. The van der Waals surface area contributed by atoms with Gasteiger partial charge in [0.05, 0.1) is 15.4 Å². The van der Waals surface area contributed by atoms with Crippen molar-refractivity contribution in [2.45, 2.75) is 9.79 Å². The van der Waals surface area contributed by atoms with Crippen molar-refractivity contribution in [3.63, 3.8) is 0 Å². The first-order chi connectivity index (χ1) is 18.3. The van der Waals surface area contributed by atoms with Crippen molar-refractivity contribution >= 4 is 31.8 Å². The van der Waals surface area contributed by atoms with E-state index >= 15 is 0 Å². The first-order valence-corrected chi connectivity index (χ1v) is 15.3. The van der Waals surface area contributed by atoms with E-state index in [0.717, 1.165) is 0 Å². The van der Waals surface area contributed by atoms with E-state index in [4.69, 9.17) is 0 Å². The van der Waals surface area contributed by atoms with Gasteiger partial charge in [0.1, 0.15) is 5.82 Å². The minimum atomic E-state index is -3.59. The highest BCUT2D eigenvalue weighted by Gasteiger charge is 2.31. The second kappa shape index (κ2) is 10.8. The lowest BCUT2D eigenvalue weighted by molar-refractivity contribution is 0.0697. The second-order valence-corrected chi connectivity index (χ2v) is 13.0. The molecule has 5 rings (SSSR count). The Kier molecular flexibility index (Phi) is 7.48. The van der Waals surface area contributed by atoms with Gasteiger partial charge in [-0.1, -0.05) is 36.4 Å². The van der Waals surface area contributed by atoms with E-state index in [1.54, 1.807) is 77.7 Å². The summed E-state index contributed by atoms with van der Waals surface area (Å²) in [6.45, 7) is 2.71. The fourth-order valence-corrected chi connectivity index (χ4v) is 7.54. The van der Waals surface area contributed by atoms with Crippen LogP contribution in [0.25, 0.3) is 0 Å². The number of anilines is 1. The average Bonchev–Trinajstić information content (AvgIpc) is 2.98. The number of carbonyl (C=O) groups excluding carboxylic acids is 1. The summed E-state index contributed by atoms with van der Waals surface area (Å²) < 4.78 is 54.3. The summed E-state index contributed by atoms with van der Waals surface area (Å²) in [4.78, 5) is 21.7.